The number of non-ortho nitro benzene ring substituents is 1. The first-order valence-electron chi connectivity index (χ1n) is 8.68. The summed E-state index contributed by atoms with van der Waals surface area (Å²) < 4.78 is 11.0. The van der Waals surface area contributed by atoms with Crippen molar-refractivity contribution in [2.24, 2.45) is 0 Å². The number of furan rings is 1. The van der Waals surface area contributed by atoms with E-state index in [0.717, 1.165) is 5.52 Å². The van der Waals surface area contributed by atoms with Crippen LogP contribution in [0.4, 0.5) is 5.69 Å². The highest BCUT2D eigenvalue weighted by Crippen LogP contribution is 2.33. The first kappa shape index (κ1) is 19.2. The average Bonchev–Trinajstić information content (AvgIpc) is 3.37. The monoisotopic (exact) mass is 420 g/mol. The molecule has 0 bridgehead atoms. The lowest BCUT2D eigenvalue weighted by Crippen LogP contribution is -1.88. The van der Waals surface area contributed by atoms with Crippen LogP contribution < -0.4 is 4.74 Å². The molecule has 2 heterocycles. The fourth-order valence-corrected chi connectivity index (χ4v) is 3.20. The molecule has 2 aromatic heterocycles. The smallest absolute Gasteiger partial charge is 0.270 e. The Bertz CT molecular complexity index is 1350. The van der Waals surface area contributed by atoms with Gasteiger partial charge in [-0.2, -0.15) is 5.26 Å². The molecule has 1 N–H and O–H groups in total. The van der Waals surface area contributed by atoms with E-state index in [4.69, 9.17) is 20.8 Å². The maximum atomic E-state index is 10.9. The van der Waals surface area contributed by atoms with Crippen molar-refractivity contribution < 1.29 is 14.1 Å². The van der Waals surface area contributed by atoms with Crippen molar-refractivity contribution in [2.75, 3.05) is 7.11 Å². The molecule has 8 nitrogen and oxygen atoms in total. The Labute approximate surface area is 175 Å². The highest BCUT2D eigenvalue weighted by Gasteiger charge is 2.14. The number of rotatable bonds is 5. The van der Waals surface area contributed by atoms with Gasteiger partial charge in [0.1, 0.15) is 29.2 Å². The van der Waals surface area contributed by atoms with E-state index in [-0.39, 0.29) is 16.3 Å². The van der Waals surface area contributed by atoms with Gasteiger partial charge in [-0.1, -0.05) is 11.6 Å². The molecule has 0 atom stereocenters. The van der Waals surface area contributed by atoms with Crippen LogP contribution in [0, 0.1) is 21.4 Å². The van der Waals surface area contributed by atoms with Crippen LogP contribution in [0.1, 0.15) is 11.6 Å². The lowest BCUT2D eigenvalue weighted by atomic mass is 10.1. The molecule has 4 rings (SSSR count). The Morgan fingerprint density at radius 1 is 1.30 bits per heavy atom. The van der Waals surface area contributed by atoms with Gasteiger partial charge in [-0.3, -0.25) is 10.1 Å². The summed E-state index contributed by atoms with van der Waals surface area (Å²) in [7, 11) is 1.57. The molecule has 4 aromatic rings. The predicted octanol–water partition coefficient (Wildman–Crippen LogP) is 5.46. The molecule has 0 unspecified atom stereocenters. The van der Waals surface area contributed by atoms with Crippen molar-refractivity contribution in [3.63, 3.8) is 0 Å². The highest BCUT2D eigenvalue weighted by molar-refractivity contribution is 6.33. The molecule has 0 aliphatic rings. The lowest BCUT2D eigenvalue weighted by molar-refractivity contribution is -0.384. The Hall–Kier alpha value is -4.09. The fourth-order valence-electron chi connectivity index (χ4n) is 2.93. The molecular formula is C21H13ClN4O4. The van der Waals surface area contributed by atoms with E-state index >= 15 is 0 Å². The van der Waals surface area contributed by atoms with Crippen molar-refractivity contribution in [3.05, 3.63) is 75.3 Å². The maximum Gasteiger partial charge on any atom is 0.270 e. The molecule has 0 saturated heterocycles. The summed E-state index contributed by atoms with van der Waals surface area (Å²) >= 11 is 6.16. The average molecular weight is 421 g/mol. The minimum atomic E-state index is -0.520. The van der Waals surface area contributed by atoms with Gasteiger partial charge < -0.3 is 14.1 Å². The van der Waals surface area contributed by atoms with Crippen LogP contribution in [-0.4, -0.2) is 22.0 Å². The number of nitro groups is 1. The Morgan fingerprint density at radius 3 is 2.83 bits per heavy atom. The number of allylic oxidation sites excluding steroid dienone is 1. The molecule has 0 aliphatic carbocycles. The number of ether oxygens (including phenoxy) is 1. The second-order valence-electron chi connectivity index (χ2n) is 6.26. The zero-order chi connectivity index (χ0) is 21.3. The molecule has 0 spiro atoms. The van der Waals surface area contributed by atoms with Gasteiger partial charge in [0.05, 0.1) is 33.7 Å². The van der Waals surface area contributed by atoms with Gasteiger partial charge in [0.15, 0.2) is 0 Å². The summed E-state index contributed by atoms with van der Waals surface area (Å²) in [5.41, 5.74) is 2.12. The number of aromatic nitrogens is 2. The summed E-state index contributed by atoms with van der Waals surface area (Å²) in [6.45, 7) is 0. The predicted molar refractivity (Wildman–Crippen MR) is 112 cm³/mol. The number of fused-ring (bicyclic) bond motifs is 1. The van der Waals surface area contributed by atoms with Crippen molar-refractivity contribution in [1.29, 1.82) is 5.26 Å². The number of nitro benzene ring substituents is 1. The Morgan fingerprint density at radius 2 is 2.13 bits per heavy atom. The van der Waals surface area contributed by atoms with Crippen molar-refractivity contribution in [1.82, 2.24) is 9.97 Å². The number of benzene rings is 2. The number of hydrogen-bond acceptors (Lipinski definition) is 6. The van der Waals surface area contributed by atoms with Gasteiger partial charge in [0.2, 0.25) is 0 Å². The lowest BCUT2D eigenvalue weighted by Gasteiger charge is -2.00. The van der Waals surface area contributed by atoms with Gasteiger partial charge >= 0.3 is 0 Å². The molecule has 0 radical (unpaired) electrons. The molecule has 9 heteroatoms. The second kappa shape index (κ2) is 7.73. The number of nitrogens with zero attached hydrogens (tertiary/aromatic N) is 3. The van der Waals surface area contributed by atoms with E-state index in [0.29, 0.717) is 34.2 Å². The molecule has 0 amide bonds. The molecule has 0 saturated carbocycles. The number of methoxy groups -OCH3 is 1. The van der Waals surface area contributed by atoms with Gasteiger partial charge in [0, 0.05) is 29.8 Å². The SMILES string of the molecule is COc1ccc2nc(/C(C#N)=C\c3ccc(-c4ccc([N+](=O)[O-])cc4Cl)o3)[nH]c2c1. The van der Waals surface area contributed by atoms with E-state index in [1.54, 1.807) is 43.5 Å². The quantitative estimate of drug-likeness (QED) is 0.260. The third-order valence-corrected chi connectivity index (χ3v) is 4.72. The number of aromatic amines is 1. The van der Waals surface area contributed by atoms with Crippen molar-refractivity contribution in [2.45, 2.75) is 0 Å². The van der Waals surface area contributed by atoms with Gasteiger partial charge in [-0.05, 0) is 30.3 Å². The standard InChI is InChI=1S/C21H13ClN4O4/c1-29-14-3-6-18-19(10-14)25-21(24-18)12(11-23)8-15-4-7-20(30-15)16-5-2-13(26(27)28)9-17(16)22/h2-10H,1H3,(H,24,25)/b12-8-. The first-order chi connectivity index (χ1) is 14.5. The van der Waals surface area contributed by atoms with Crippen LogP contribution in [0.25, 0.3) is 34.0 Å². The number of nitrogens with one attached hydrogen (secondary N) is 1. The molecule has 0 aliphatic heterocycles. The fraction of sp³-hybridized carbons (Fsp3) is 0.0476. The van der Waals surface area contributed by atoms with E-state index in [2.05, 4.69) is 16.0 Å². The van der Waals surface area contributed by atoms with E-state index in [9.17, 15) is 15.4 Å². The molecule has 2 aromatic carbocycles. The minimum Gasteiger partial charge on any atom is -0.497 e. The molecule has 0 fully saturated rings. The van der Waals surface area contributed by atoms with E-state index in [1.807, 2.05) is 0 Å². The second-order valence-corrected chi connectivity index (χ2v) is 6.67. The molecular weight excluding hydrogens is 408 g/mol. The molecule has 30 heavy (non-hydrogen) atoms. The topological polar surface area (TPSA) is 118 Å². The summed E-state index contributed by atoms with van der Waals surface area (Å²) in [5.74, 6) is 1.91. The van der Waals surface area contributed by atoms with Gasteiger partial charge in [-0.25, -0.2) is 4.98 Å². The number of hydrogen-bond donors (Lipinski definition) is 1. The maximum absolute atomic E-state index is 10.9. The van der Waals surface area contributed by atoms with Crippen LogP contribution in [0.3, 0.4) is 0 Å². The zero-order valence-electron chi connectivity index (χ0n) is 15.5. The summed E-state index contributed by atoms with van der Waals surface area (Å²) in [6.07, 6.45) is 1.55. The number of imidazole rings is 1. The largest absolute Gasteiger partial charge is 0.497 e. The normalized spacial score (nSPS) is 11.4. The van der Waals surface area contributed by atoms with Crippen molar-refractivity contribution >= 4 is 40.0 Å². The van der Waals surface area contributed by atoms with E-state index in [1.165, 1.54) is 18.2 Å². The van der Waals surface area contributed by atoms with Gasteiger partial charge in [-0.15, -0.1) is 0 Å². The summed E-state index contributed by atoms with van der Waals surface area (Å²) in [5, 5.41) is 20.6. The molecule has 148 valence electrons. The zero-order valence-corrected chi connectivity index (χ0v) is 16.3. The Kier molecular flexibility index (Phi) is 4.96. The highest BCUT2D eigenvalue weighted by atomic mass is 35.5. The van der Waals surface area contributed by atoms with Gasteiger partial charge in [0.25, 0.3) is 5.69 Å². The van der Waals surface area contributed by atoms with Crippen LogP contribution in [0.5, 0.6) is 5.75 Å². The van der Waals surface area contributed by atoms with Crippen LogP contribution in [-0.2, 0) is 0 Å². The number of halogens is 1. The van der Waals surface area contributed by atoms with Crippen molar-refractivity contribution in [3.8, 4) is 23.1 Å². The third-order valence-electron chi connectivity index (χ3n) is 4.41. The van der Waals surface area contributed by atoms with Crippen LogP contribution >= 0.6 is 11.6 Å². The Balaban J connectivity index is 1.67. The van der Waals surface area contributed by atoms with Crippen LogP contribution in [0.2, 0.25) is 5.02 Å². The summed E-state index contributed by atoms with van der Waals surface area (Å²) in [6, 6.07) is 15.0. The minimum absolute atomic E-state index is 0.108. The van der Waals surface area contributed by atoms with Crippen LogP contribution in [0.15, 0.2) is 52.9 Å². The number of nitriles is 1. The number of H-pyrrole nitrogens is 1. The summed E-state index contributed by atoms with van der Waals surface area (Å²) in [4.78, 5) is 17.9. The first-order valence-corrected chi connectivity index (χ1v) is 9.06. The van der Waals surface area contributed by atoms with E-state index < -0.39 is 4.92 Å². The third kappa shape index (κ3) is 3.62.